The Hall–Kier alpha value is 0.680. The van der Waals surface area contributed by atoms with Crippen LogP contribution in [0.2, 0.25) is 0 Å². The van der Waals surface area contributed by atoms with E-state index in [0.29, 0.717) is 0 Å². The van der Waals surface area contributed by atoms with Crippen LogP contribution in [0.25, 0.3) is 0 Å². The lowest BCUT2D eigenvalue weighted by Crippen LogP contribution is -2.19. The number of hydrogen-bond donors (Lipinski definition) is 0. The summed E-state index contributed by atoms with van der Waals surface area (Å²) in [4.78, 5) is 0. The summed E-state index contributed by atoms with van der Waals surface area (Å²) in [6, 6.07) is 0. The molecule has 9 heteroatoms. The first-order valence-electron chi connectivity index (χ1n) is 4.31. The van der Waals surface area contributed by atoms with Crippen molar-refractivity contribution in [1.29, 1.82) is 0 Å². The predicted octanol–water partition coefficient (Wildman–Crippen LogP) is 3.35. The molecule has 0 aromatic carbocycles. The van der Waals surface area contributed by atoms with Crippen molar-refractivity contribution in [2.24, 2.45) is 0 Å². The Balaban J connectivity index is 5.55. The van der Waals surface area contributed by atoms with Gasteiger partial charge in [-0.15, -0.1) is 0 Å². The Morgan fingerprint density at radius 2 is 1.53 bits per heavy atom. The summed E-state index contributed by atoms with van der Waals surface area (Å²) < 4.78 is 30.0. The summed E-state index contributed by atoms with van der Waals surface area (Å²) in [6.07, 6.45) is 0.0830. The number of hydrogen-bond acceptors (Lipinski definition) is 5. The number of allylic oxidation sites excluding steroid dienone is 1. The van der Waals surface area contributed by atoms with Crippen molar-refractivity contribution in [3.05, 3.63) is 11.4 Å². The van der Waals surface area contributed by atoms with Crippen molar-refractivity contribution in [3.8, 4) is 0 Å². The van der Waals surface area contributed by atoms with Gasteiger partial charge in [0, 0.05) is 28.4 Å². The van der Waals surface area contributed by atoms with Crippen LogP contribution in [0, 0.1) is 0 Å². The van der Waals surface area contributed by atoms with Crippen LogP contribution < -0.4 is 0 Å². The zero-order chi connectivity index (χ0) is 13.7. The van der Waals surface area contributed by atoms with Crippen LogP contribution in [-0.2, 0) is 23.1 Å². The maximum atomic E-state index is 12.2. The third-order valence-electron chi connectivity index (χ3n) is 1.78. The first-order chi connectivity index (χ1) is 7.74. The number of halogens is 3. The average molecular weight is 328 g/mol. The number of rotatable bonds is 6. The van der Waals surface area contributed by atoms with E-state index in [1.165, 1.54) is 28.4 Å². The molecule has 102 valence electrons. The molecule has 0 aromatic heterocycles. The molecule has 0 radical (unpaired) electrons. The number of methoxy groups -OCH3 is 2. The first kappa shape index (κ1) is 17.7. The molecule has 0 N–H and O–H groups in total. The van der Waals surface area contributed by atoms with E-state index in [2.05, 4.69) is 0 Å². The molecular formula is C8H14Cl3O5P. The lowest BCUT2D eigenvalue weighted by Gasteiger charge is -2.24. The molecule has 0 unspecified atom stereocenters. The second-order valence-electron chi connectivity index (χ2n) is 2.78. The fraction of sp³-hybridized carbons (Fsp3) is 0.750. The molecule has 17 heavy (non-hydrogen) atoms. The molecule has 0 atom stereocenters. The second kappa shape index (κ2) is 7.31. The van der Waals surface area contributed by atoms with Crippen molar-refractivity contribution in [3.63, 3.8) is 0 Å². The molecule has 5 nitrogen and oxygen atoms in total. The van der Waals surface area contributed by atoms with Gasteiger partial charge in [0.1, 0.15) is 0 Å². The van der Waals surface area contributed by atoms with E-state index in [9.17, 15) is 4.57 Å². The van der Waals surface area contributed by atoms with E-state index in [1.54, 1.807) is 0 Å². The third kappa shape index (κ3) is 5.45. The smallest absolute Gasteiger partial charge is 0.351 e. The standard InChI is InChI=1S/C8H14Cl3O5P/c1-13-7(14-2)6(5-8(9,10)11)17(12,15-3)16-4/h5,7H,1-4H3/b6-5+. The van der Waals surface area contributed by atoms with Crippen molar-refractivity contribution in [1.82, 2.24) is 0 Å². The number of alkyl halides is 3. The van der Waals surface area contributed by atoms with Crippen LogP contribution in [0.4, 0.5) is 0 Å². The molecule has 0 fully saturated rings. The first-order valence-corrected chi connectivity index (χ1v) is 6.99. The van der Waals surface area contributed by atoms with E-state index in [-0.39, 0.29) is 5.31 Å². The Bertz CT molecular complexity index is 303. The zero-order valence-corrected chi connectivity index (χ0v) is 12.9. The quantitative estimate of drug-likeness (QED) is 0.425. The molecule has 0 aliphatic rings. The highest BCUT2D eigenvalue weighted by atomic mass is 35.6. The van der Waals surface area contributed by atoms with Crippen molar-refractivity contribution in [2.75, 3.05) is 28.4 Å². The summed E-state index contributed by atoms with van der Waals surface area (Å²) in [6.45, 7) is 0. The highest BCUT2D eigenvalue weighted by molar-refractivity contribution is 7.58. The van der Waals surface area contributed by atoms with Crippen LogP contribution in [0.5, 0.6) is 0 Å². The van der Waals surface area contributed by atoms with Gasteiger partial charge in [0.05, 0.1) is 5.31 Å². The molecule has 0 aromatic rings. The van der Waals surface area contributed by atoms with Crippen molar-refractivity contribution < 1.29 is 23.1 Å². The van der Waals surface area contributed by atoms with Crippen LogP contribution in [0.3, 0.4) is 0 Å². The van der Waals surface area contributed by atoms with Crippen molar-refractivity contribution in [2.45, 2.75) is 10.1 Å². The predicted molar refractivity (Wildman–Crippen MR) is 67.8 cm³/mol. The van der Waals surface area contributed by atoms with Gasteiger partial charge in [0.2, 0.25) is 3.79 Å². The van der Waals surface area contributed by atoms with Crippen LogP contribution >= 0.6 is 42.4 Å². The second-order valence-corrected chi connectivity index (χ2v) is 7.39. The summed E-state index contributed by atoms with van der Waals surface area (Å²) in [5.41, 5.74) is 0. The Labute approximate surface area is 115 Å². The van der Waals surface area contributed by atoms with Crippen LogP contribution in [0.15, 0.2) is 11.4 Å². The fourth-order valence-electron chi connectivity index (χ4n) is 1.07. The maximum absolute atomic E-state index is 12.2. The Morgan fingerprint density at radius 1 is 1.12 bits per heavy atom. The molecule has 0 heterocycles. The van der Waals surface area contributed by atoms with E-state index < -0.39 is 17.7 Å². The fourth-order valence-corrected chi connectivity index (χ4v) is 3.04. The lowest BCUT2D eigenvalue weighted by molar-refractivity contribution is -0.0718. The molecule has 0 spiro atoms. The SMILES string of the molecule is COC(OC)/C(=C\C(Cl)(Cl)Cl)P(=O)(OC)OC. The molecule has 0 aliphatic heterocycles. The van der Waals surface area contributed by atoms with Gasteiger partial charge >= 0.3 is 7.60 Å². The average Bonchev–Trinajstić information content (AvgIpc) is 2.26. The summed E-state index contributed by atoms with van der Waals surface area (Å²) >= 11 is 16.9. The van der Waals surface area contributed by atoms with Gasteiger partial charge in [-0.2, -0.15) is 0 Å². The number of ether oxygens (including phenoxy) is 2. The lowest BCUT2D eigenvalue weighted by atomic mass is 10.5. The molecular weight excluding hydrogens is 313 g/mol. The summed E-state index contributed by atoms with van der Waals surface area (Å²) in [7, 11) is 1.48. The van der Waals surface area contributed by atoms with Gasteiger partial charge in [-0.3, -0.25) is 4.57 Å². The summed E-state index contributed by atoms with van der Waals surface area (Å²) in [5, 5.41) is -0.0208. The molecule has 0 rings (SSSR count). The third-order valence-corrected chi connectivity index (χ3v) is 4.04. The van der Waals surface area contributed by atoms with Crippen LogP contribution in [-0.4, -0.2) is 38.5 Å². The van der Waals surface area contributed by atoms with E-state index in [1.807, 2.05) is 0 Å². The molecule has 0 saturated carbocycles. The van der Waals surface area contributed by atoms with Crippen LogP contribution in [0.1, 0.15) is 0 Å². The van der Waals surface area contributed by atoms with E-state index in [4.69, 9.17) is 53.3 Å². The van der Waals surface area contributed by atoms with Gasteiger partial charge in [-0.25, -0.2) is 0 Å². The van der Waals surface area contributed by atoms with Crippen molar-refractivity contribution >= 4 is 42.4 Å². The molecule has 0 bridgehead atoms. The monoisotopic (exact) mass is 326 g/mol. The van der Waals surface area contributed by atoms with Gasteiger partial charge in [-0.1, -0.05) is 34.8 Å². The van der Waals surface area contributed by atoms with Gasteiger partial charge in [0.15, 0.2) is 6.29 Å². The normalized spacial score (nSPS) is 14.5. The van der Waals surface area contributed by atoms with Gasteiger partial charge in [0.25, 0.3) is 0 Å². The van der Waals surface area contributed by atoms with E-state index >= 15 is 0 Å². The van der Waals surface area contributed by atoms with Gasteiger partial charge in [-0.05, 0) is 6.08 Å². The minimum atomic E-state index is -3.62. The minimum Gasteiger partial charge on any atom is -0.351 e. The summed E-state index contributed by atoms with van der Waals surface area (Å²) in [5.74, 6) is 0. The topological polar surface area (TPSA) is 54.0 Å². The van der Waals surface area contributed by atoms with Gasteiger partial charge < -0.3 is 18.5 Å². The highest BCUT2D eigenvalue weighted by Crippen LogP contribution is 2.57. The largest absolute Gasteiger partial charge is 0.361 e. The molecule has 0 amide bonds. The minimum absolute atomic E-state index is 0.0208. The zero-order valence-electron chi connectivity index (χ0n) is 9.78. The Morgan fingerprint density at radius 3 is 1.76 bits per heavy atom. The Kier molecular flexibility index (Phi) is 7.61. The molecule has 0 aliphatic carbocycles. The molecule has 0 saturated heterocycles. The maximum Gasteiger partial charge on any atom is 0.361 e. The highest BCUT2D eigenvalue weighted by Gasteiger charge is 2.37. The van der Waals surface area contributed by atoms with E-state index in [0.717, 1.165) is 6.08 Å².